The molecule has 0 radical (unpaired) electrons. The number of carbonyl (C=O) groups excluding carboxylic acids is 1. The summed E-state index contributed by atoms with van der Waals surface area (Å²) in [5.41, 5.74) is 1.98. The van der Waals surface area contributed by atoms with Gasteiger partial charge in [-0.1, -0.05) is 47.5 Å². The molecule has 2 N–H and O–H groups in total. The number of benzene rings is 2. The van der Waals surface area contributed by atoms with Crippen LogP contribution < -0.4 is 5.32 Å². The molecule has 8 nitrogen and oxygen atoms in total. The molecule has 184 valence electrons. The second-order valence-electron chi connectivity index (χ2n) is 7.87. The molecule has 0 fully saturated rings. The molecule has 0 saturated heterocycles. The number of hydrogen-bond donors (Lipinski definition) is 2. The number of carboxylic acid groups (broad SMARTS) is 1. The second kappa shape index (κ2) is 11.5. The maximum atomic E-state index is 13.1. The molecule has 35 heavy (non-hydrogen) atoms. The van der Waals surface area contributed by atoms with Crippen LogP contribution in [0.3, 0.4) is 0 Å². The summed E-state index contributed by atoms with van der Waals surface area (Å²) in [6.45, 7) is 0.597. The van der Waals surface area contributed by atoms with Crippen molar-refractivity contribution in [3.63, 3.8) is 0 Å². The van der Waals surface area contributed by atoms with Crippen molar-refractivity contribution in [2.24, 2.45) is 0 Å². The first-order valence-electron chi connectivity index (χ1n) is 10.5. The minimum atomic E-state index is -3.40. The fourth-order valence-electron chi connectivity index (χ4n) is 3.32. The minimum absolute atomic E-state index is 0.187. The normalized spacial score (nSPS) is 12.5. The third-order valence-corrected chi connectivity index (χ3v) is 6.60. The lowest BCUT2D eigenvalue weighted by Crippen LogP contribution is -2.42. The number of aliphatic carboxylic acids is 1. The van der Waals surface area contributed by atoms with Gasteiger partial charge in [-0.2, -0.15) is 0 Å². The molecular formula is C24H23Cl2N3O5S. The summed E-state index contributed by atoms with van der Waals surface area (Å²) in [6, 6.07) is 8.54. The van der Waals surface area contributed by atoms with Crippen LogP contribution in [-0.2, 0) is 21.2 Å². The molecule has 2 aromatic carbocycles. The number of halogens is 2. The lowest BCUT2D eigenvalue weighted by atomic mass is 9.96. The van der Waals surface area contributed by atoms with Crippen LogP contribution in [0.5, 0.6) is 0 Å². The van der Waals surface area contributed by atoms with Gasteiger partial charge in [0, 0.05) is 46.4 Å². The fourth-order valence-corrected chi connectivity index (χ4v) is 4.50. The number of rotatable bonds is 10. The van der Waals surface area contributed by atoms with E-state index in [0.29, 0.717) is 27.7 Å². The monoisotopic (exact) mass is 535 g/mol. The van der Waals surface area contributed by atoms with Gasteiger partial charge >= 0.3 is 5.97 Å². The average molecular weight is 536 g/mol. The smallest absolute Gasteiger partial charge is 0.326 e. The molecule has 1 aromatic heterocycles. The standard InChI is InChI=1S/C24H23Cl2N3O5S/c1-35(33,34)12-8-22(24(31)32)28-23(30)19-6-4-16(3-2-10-29-11-9-27-15-29)13-20(19)18-7-5-17(25)14-21(18)26/h2-7,9,11,13-15,22H,8,10,12H2,1H3,(H,28,30)(H,31,32)/t22-/m0/s1. The van der Waals surface area contributed by atoms with E-state index in [1.54, 1.807) is 48.9 Å². The highest BCUT2D eigenvalue weighted by atomic mass is 35.5. The van der Waals surface area contributed by atoms with Crippen LogP contribution in [-0.4, -0.2) is 53.0 Å². The van der Waals surface area contributed by atoms with Gasteiger partial charge in [-0.3, -0.25) is 4.79 Å². The number of nitrogens with one attached hydrogen (secondary N) is 1. The second-order valence-corrected chi connectivity index (χ2v) is 11.0. The molecule has 3 rings (SSSR count). The van der Waals surface area contributed by atoms with Crippen LogP contribution in [0.25, 0.3) is 17.2 Å². The number of allylic oxidation sites excluding steroid dienone is 1. The lowest BCUT2D eigenvalue weighted by molar-refractivity contribution is -0.139. The van der Waals surface area contributed by atoms with E-state index in [1.807, 2.05) is 22.9 Å². The molecule has 1 heterocycles. The highest BCUT2D eigenvalue weighted by Gasteiger charge is 2.24. The molecule has 11 heteroatoms. The maximum absolute atomic E-state index is 13.1. The van der Waals surface area contributed by atoms with Crippen molar-refractivity contribution in [3.8, 4) is 11.1 Å². The van der Waals surface area contributed by atoms with Crippen molar-refractivity contribution in [2.75, 3.05) is 12.0 Å². The Morgan fingerprint density at radius 1 is 1.17 bits per heavy atom. The van der Waals surface area contributed by atoms with Gasteiger partial charge in [0.15, 0.2) is 0 Å². The third-order valence-electron chi connectivity index (χ3n) is 5.08. The number of carboxylic acids is 1. The van der Waals surface area contributed by atoms with Crippen molar-refractivity contribution in [3.05, 3.63) is 82.4 Å². The van der Waals surface area contributed by atoms with E-state index >= 15 is 0 Å². The van der Waals surface area contributed by atoms with Crippen LogP contribution in [0, 0.1) is 0 Å². The molecule has 1 atom stereocenters. The number of imidazole rings is 1. The van der Waals surface area contributed by atoms with Gasteiger partial charge in [0.05, 0.1) is 12.1 Å². The molecule has 3 aromatic rings. The zero-order chi connectivity index (χ0) is 25.6. The summed E-state index contributed by atoms with van der Waals surface area (Å²) >= 11 is 12.4. The number of nitrogens with zero attached hydrogens (tertiary/aromatic N) is 2. The van der Waals surface area contributed by atoms with Crippen molar-refractivity contribution in [1.29, 1.82) is 0 Å². The van der Waals surface area contributed by atoms with Crippen LogP contribution >= 0.6 is 23.2 Å². The number of amides is 1. The molecule has 0 bridgehead atoms. The van der Waals surface area contributed by atoms with E-state index in [4.69, 9.17) is 23.2 Å². The maximum Gasteiger partial charge on any atom is 0.326 e. The number of carbonyl (C=O) groups is 2. The van der Waals surface area contributed by atoms with Gasteiger partial charge < -0.3 is 15.0 Å². The molecule has 0 aliphatic carbocycles. The Morgan fingerprint density at radius 3 is 2.57 bits per heavy atom. The Kier molecular flexibility index (Phi) is 8.71. The van der Waals surface area contributed by atoms with E-state index in [2.05, 4.69) is 10.3 Å². The molecule has 0 aliphatic heterocycles. The first-order valence-corrected chi connectivity index (χ1v) is 13.3. The Morgan fingerprint density at radius 2 is 1.94 bits per heavy atom. The summed E-state index contributed by atoms with van der Waals surface area (Å²) in [7, 11) is -3.40. The van der Waals surface area contributed by atoms with Gasteiger partial charge in [0.2, 0.25) is 0 Å². The summed E-state index contributed by atoms with van der Waals surface area (Å²) in [5, 5.41) is 12.7. The number of aromatic nitrogens is 2. The van der Waals surface area contributed by atoms with Gasteiger partial charge in [-0.05, 0) is 41.8 Å². The molecule has 0 spiro atoms. The minimum Gasteiger partial charge on any atom is -0.480 e. The molecule has 0 saturated carbocycles. The van der Waals surface area contributed by atoms with E-state index < -0.39 is 27.8 Å². The van der Waals surface area contributed by atoms with E-state index in [0.717, 1.165) is 11.8 Å². The summed E-state index contributed by atoms with van der Waals surface area (Å²) < 4.78 is 24.8. The van der Waals surface area contributed by atoms with Gasteiger partial charge in [0.25, 0.3) is 5.91 Å². The molecule has 0 unspecified atom stereocenters. The highest BCUT2D eigenvalue weighted by molar-refractivity contribution is 7.90. The molecule has 1 amide bonds. The van der Waals surface area contributed by atoms with Gasteiger partial charge in [-0.25, -0.2) is 18.2 Å². The number of sulfone groups is 1. The summed E-state index contributed by atoms with van der Waals surface area (Å²) in [6.07, 6.45) is 9.76. The first-order chi connectivity index (χ1) is 16.5. The van der Waals surface area contributed by atoms with E-state index in [1.165, 1.54) is 0 Å². The lowest BCUT2D eigenvalue weighted by Gasteiger charge is -2.17. The van der Waals surface area contributed by atoms with Crippen molar-refractivity contribution >= 4 is 51.0 Å². The molecular weight excluding hydrogens is 513 g/mol. The third kappa shape index (κ3) is 7.68. The Labute approximate surface area is 213 Å². The van der Waals surface area contributed by atoms with Crippen molar-refractivity contribution in [2.45, 2.75) is 19.0 Å². The van der Waals surface area contributed by atoms with Gasteiger partial charge in [0.1, 0.15) is 15.9 Å². The van der Waals surface area contributed by atoms with Crippen LogP contribution in [0.2, 0.25) is 10.0 Å². The van der Waals surface area contributed by atoms with E-state index in [-0.39, 0.29) is 17.7 Å². The SMILES string of the molecule is CS(=O)(=O)CC[C@H](NC(=O)c1ccc(C=CCn2ccnc2)cc1-c1ccc(Cl)cc1Cl)C(=O)O. The topological polar surface area (TPSA) is 118 Å². The Hall–Kier alpha value is -3.14. The quantitative estimate of drug-likeness (QED) is 0.401. The van der Waals surface area contributed by atoms with Crippen LogP contribution in [0.4, 0.5) is 0 Å². The summed E-state index contributed by atoms with van der Waals surface area (Å²) in [5.74, 6) is -2.37. The van der Waals surface area contributed by atoms with Crippen molar-refractivity contribution in [1.82, 2.24) is 14.9 Å². The summed E-state index contributed by atoms with van der Waals surface area (Å²) in [4.78, 5) is 28.8. The Bertz CT molecular complexity index is 1360. The zero-order valence-corrected chi connectivity index (χ0v) is 21.0. The average Bonchev–Trinajstić information content (AvgIpc) is 3.29. The van der Waals surface area contributed by atoms with Crippen LogP contribution in [0.15, 0.2) is 61.2 Å². The number of hydrogen-bond acceptors (Lipinski definition) is 5. The molecule has 0 aliphatic rings. The zero-order valence-electron chi connectivity index (χ0n) is 18.7. The highest BCUT2D eigenvalue weighted by Crippen LogP contribution is 2.33. The van der Waals surface area contributed by atoms with Gasteiger partial charge in [-0.15, -0.1) is 0 Å². The largest absolute Gasteiger partial charge is 0.480 e. The van der Waals surface area contributed by atoms with E-state index in [9.17, 15) is 23.1 Å². The fraction of sp³-hybridized carbons (Fsp3) is 0.208. The van der Waals surface area contributed by atoms with Crippen LogP contribution in [0.1, 0.15) is 22.3 Å². The van der Waals surface area contributed by atoms with Crippen molar-refractivity contribution < 1.29 is 23.1 Å². The first kappa shape index (κ1) is 26.5. The predicted molar refractivity (Wildman–Crippen MR) is 136 cm³/mol. The predicted octanol–water partition coefficient (Wildman–Crippen LogP) is 4.19. The Balaban J connectivity index is 1.94.